The lowest BCUT2D eigenvalue weighted by Crippen LogP contribution is -2.32. The zero-order chi connectivity index (χ0) is 21.6. The molecule has 0 unspecified atom stereocenters. The van der Waals surface area contributed by atoms with Crippen LogP contribution in [0.15, 0.2) is 47.4 Å². The summed E-state index contributed by atoms with van der Waals surface area (Å²) in [4.78, 5) is 14.3. The number of amides is 1. The van der Waals surface area contributed by atoms with Gasteiger partial charge in [-0.25, -0.2) is 12.8 Å². The van der Waals surface area contributed by atoms with E-state index in [2.05, 4.69) is 0 Å². The van der Waals surface area contributed by atoms with Crippen molar-refractivity contribution in [2.75, 3.05) is 33.3 Å². The molecule has 0 spiro atoms. The van der Waals surface area contributed by atoms with Crippen LogP contribution in [0.2, 0.25) is 0 Å². The van der Waals surface area contributed by atoms with Crippen LogP contribution >= 0.6 is 0 Å². The van der Waals surface area contributed by atoms with Crippen LogP contribution in [0.5, 0.6) is 5.75 Å². The topological polar surface area (TPSA) is 66.9 Å². The molecule has 0 bridgehead atoms. The zero-order valence-electron chi connectivity index (χ0n) is 17.2. The van der Waals surface area contributed by atoms with Gasteiger partial charge in [0.25, 0.3) is 5.91 Å². The van der Waals surface area contributed by atoms with E-state index in [1.165, 1.54) is 39.5 Å². The molecule has 29 heavy (non-hydrogen) atoms. The van der Waals surface area contributed by atoms with Crippen molar-refractivity contribution in [2.45, 2.75) is 25.7 Å². The first kappa shape index (κ1) is 22.8. The molecule has 0 aliphatic rings. The summed E-state index contributed by atoms with van der Waals surface area (Å²) < 4.78 is 45.5. The molecule has 0 saturated carbocycles. The summed E-state index contributed by atoms with van der Waals surface area (Å²) in [6.07, 6.45) is 0. The minimum absolute atomic E-state index is 0.142. The smallest absolute Gasteiger partial charge is 0.253 e. The van der Waals surface area contributed by atoms with E-state index in [9.17, 15) is 17.6 Å². The summed E-state index contributed by atoms with van der Waals surface area (Å²) in [6.45, 7) is 6.51. The van der Waals surface area contributed by atoms with Gasteiger partial charge in [-0.05, 0) is 48.9 Å². The van der Waals surface area contributed by atoms with E-state index < -0.39 is 10.0 Å². The highest BCUT2D eigenvalue weighted by molar-refractivity contribution is 7.89. The van der Waals surface area contributed by atoms with Gasteiger partial charge in [-0.3, -0.25) is 4.79 Å². The Bertz CT molecular complexity index is 942. The average molecular weight is 423 g/mol. The minimum Gasteiger partial charge on any atom is -0.492 e. The predicted molar refractivity (Wildman–Crippen MR) is 110 cm³/mol. The molecule has 8 heteroatoms. The summed E-state index contributed by atoms with van der Waals surface area (Å²) in [5.41, 5.74) is 0.890. The van der Waals surface area contributed by atoms with Crippen LogP contribution in [-0.4, -0.2) is 56.8 Å². The molecule has 6 nitrogen and oxygen atoms in total. The molecule has 0 aliphatic carbocycles. The maximum absolute atomic E-state index is 12.9. The molecule has 2 rings (SSSR count). The molecule has 0 heterocycles. The lowest BCUT2D eigenvalue weighted by Gasteiger charge is -2.21. The maximum atomic E-state index is 12.9. The molecule has 0 aromatic heterocycles. The third-order valence-electron chi connectivity index (χ3n) is 4.61. The molecular weight excluding hydrogens is 395 g/mol. The molecule has 0 N–H and O–H groups in total. The van der Waals surface area contributed by atoms with Gasteiger partial charge in [0.2, 0.25) is 10.0 Å². The van der Waals surface area contributed by atoms with E-state index in [1.54, 1.807) is 40.0 Å². The summed E-state index contributed by atoms with van der Waals surface area (Å²) in [5.74, 6) is -0.140. The van der Waals surface area contributed by atoms with Crippen LogP contribution in [0.4, 0.5) is 4.39 Å². The fraction of sp³-hybridized carbons (Fsp3) is 0.381. The Morgan fingerprint density at radius 1 is 1.07 bits per heavy atom. The SMILES string of the molecule is CCN(CC)S(=O)(=O)c1cc(C(=O)N(C)CCOc2ccc(F)cc2)ccc1C. The number of nitrogens with zero attached hydrogens (tertiary/aromatic N) is 2. The van der Waals surface area contributed by atoms with Crippen LogP contribution < -0.4 is 4.74 Å². The van der Waals surface area contributed by atoms with Crippen molar-refractivity contribution in [3.05, 3.63) is 59.4 Å². The fourth-order valence-corrected chi connectivity index (χ4v) is 4.58. The van der Waals surface area contributed by atoms with Crippen LogP contribution in [-0.2, 0) is 10.0 Å². The van der Waals surface area contributed by atoms with Gasteiger partial charge in [-0.15, -0.1) is 0 Å². The van der Waals surface area contributed by atoms with Gasteiger partial charge in [0.1, 0.15) is 18.2 Å². The summed E-state index contributed by atoms with van der Waals surface area (Å²) in [6, 6.07) is 10.3. The molecule has 2 aromatic carbocycles. The number of benzene rings is 2. The van der Waals surface area contributed by atoms with Crippen molar-refractivity contribution in [3.63, 3.8) is 0 Å². The predicted octanol–water partition coefficient (Wildman–Crippen LogP) is 3.32. The highest BCUT2D eigenvalue weighted by Gasteiger charge is 2.25. The number of carbonyl (C=O) groups is 1. The third-order valence-corrected chi connectivity index (χ3v) is 6.81. The van der Waals surface area contributed by atoms with Crippen molar-refractivity contribution >= 4 is 15.9 Å². The van der Waals surface area contributed by atoms with Gasteiger partial charge in [0.15, 0.2) is 0 Å². The Morgan fingerprint density at radius 2 is 1.69 bits per heavy atom. The lowest BCUT2D eigenvalue weighted by atomic mass is 10.1. The number of hydrogen-bond acceptors (Lipinski definition) is 4. The molecule has 0 saturated heterocycles. The lowest BCUT2D eigenvalue weighted by molar-refractivity contribution is 0.0773. The fourth-order valence-electron chi connectivity index (χ4n) is 2.87. The van der Waals surface area contributed by atoms with Crippen LogP contribution in [0.1, 0.15) is 29.8 Å². The summed E-state index contributed by atoms with van der Waals surface area (Å²) in [7, 11) is -2.04. The normalized spacial score (nSPS) is 11.5. The van der Waals surface area contributed by atoms with E-state index in [4.69, 9.17) is 4.74 Å². The molecule has 158 valence electrons. The number of rotatable bonds is 9. The van der Waals surface area contributed by atoms with Gasteiger partial charge >= 0.3 is 0 Å². The Morgan fingerprint density at radius 3 is 2.28 bits per heavy atom. The molecule has 0 atom stereocenters. The molecular formula is C21H27FN2O4S. The Labute approximate surface area is 171 Å². The highest BCUT2D eigenvalue weighted by atomic mass is 32.2. The Kier molecular flexibility index (Phi) is 7.75. The quantitative estimate of drug-likeness (QED) is 0.622. The minimum atomic E-state index is -3.66. The van der Waals surface area contributed by atoms with Crippen molar-refractivity contribution in [1.29, 1.82) is 0 Å². The Balaban J connectivity index is 2.11. The van der Waals surface area contributed by atoms with Gasteiger partial charge in [-0.1, -0.05) is 19.9 Å². The van der Waals surface area contributed by atoms with Gasteiger partial charge < -0.3 is 9.64 Å². The molecule has 0 radical (unpaired) electrons. The van der Waals surface area contributed by atoms with Gasteiger partial charge in [0.05, 0.1) is 11.4 Å². The van der Waals surface area contributed by atoms with Crippen molar-refractivity contribution < 1.29 is 22.3 Å². The number of likely N-dealkylation sites (N-methyl/N-ethyl adjacent to an activating group) is 1. The number of ether oxygens (including phenoxy) is 1. The van der Waals surface area contributed by atoms with E-state index in [1.807, 2.05) is 0 Å². The number of sulfonamides is 1. The van der Waals surface area contributed by atoms with E-state index in [0.29, 0.717) is 36.5 Å². The first-order valence-electron chi connectivity index (χ1n) is 9.45. The average Bonchev–Trinajstić information content (AvgIpc) is 2.69. The zero-order valence-corrected chi connectivity index (χ0v) is 18.0. The van der Waals surface area contributed by atoms with E-state index in [-0.39, 0.29) is 23.2 Å². The van der Waals surface area contributed by atoms with Crippen molar-refractivity contribution in [3.8, 4) is 5.75 Å². The van der Waals surface area contributed by atoms with E-state index >= 15 is 0 Å². The second-order valence-electron chi connectivity index (χ2n) is 6.60. The van der Waals surface area contributed by atoms with Crippen LogP contribution in [0.3, 0.4) is 0 Å². The molecule has 1 amide bonds. The first-order chi connectivity index (χ1) is 13.7. The van der Waals surface area contributed by atoms with Crippen molar-refractivity contribution in [2.24, 2.45) is 0 Å². The number of hydrogen-bond donors (Lipinski definition) is 0. The number of aryl methyl sites for hydroxylation is 1. The Hall–Kier alpha value is -2.45. The van der Waals surface area contributed by atoms with E-state index in [0.717, 1.165) is 0 Å². The second kappa shape index (κ2) is 9.84. The van der Waals surface area contributed by atoms with Gasteiger partial charge in [0, 0.05) is 25.7 Å². The molecule has 0 aliphatic heterocycles. The molecule has 0 fully saturated rings. The van der Waals surface area contributed by atoms with Gasteiger partial charge in [-0.2, -0.15) is 4.31 Å². The number of halogens is 1. The van der Waals surface area contributed by atoms with Crippen LogP contribution in [0.25, 0.3) is 0 Å². The molecule has 2 aromatic rings. The summed E-state index contributed by atoms with van der Waals surface area (Å²) >= 11 is 0. The van der Waals surface area contributed by atoms with Crippen LogP contribution in [0, 0.1) is 12.7 Å². The van der Waals surface area contributed by atoms with Crippen molar-refractivity contribution in [1.82, 2.24) is 9.21 Å². The first-order valence-corrected chi connectivity index (χ1v) is 10.9. The second-order valence-corrected chi connectivity index (χ2v) is 8.51. The maximum Gasteiger partial charge on any atom is 0.253 e. The standard InChI is InChI=1S/C21H27FN2O4S/c1-5-24(6-2)29(26,27)20-15-17(8-7-16(20)3)21(25)23(4)13-14-28-19-11-9-18(22)10-12-19/h7-12,15H,5-6,13-14H2,1-4H3. The highest BCUT2D eigenvalue weighted by Crippen LogP contribution is 2.22. The monoisotopic (exact) mass is 422 g/mol. The summed E-state index contributed by atoms with van der Waals surface area (Å²) in [5, 5.41) is 0. The largest absolute Gasteiger partial charge is 0.492 e. The number of carbonyl (C=O) groups excluding carboxylic acids is 1. The third kappa shape index (κ3) is 5.55.